The van der Waals surface area contributed by atoms with Crippen LogP contribution in [0.4, 0.5) is 0 Å². The standard InChI is InChI=1S/2C6H10O3P.Co/c2*1-3-5-8-10(7)9-6-4-2;/h2*3-4H,1-2,5-6H2;/q2*-1;+2. The Bertz CT molecular complexity index is 218. The van der Waals surface area contributed by atoms with Crippen LogP contribution in [0.5, 0.6) is 0 Å². The molecule has 9 heteroatoms. The Hall–Kier alpha value is 0.0865. The summed E-state index contributed by atoms with van der Waals surface area (Å²) in [6.45, 7) is 14.5. The normalized spacial score (nSPS) is 9.33. The first-order valence-electron chi connectivity index (χ1n) is 5.52. The molecule has 0 saturated carbocycles. The number of hydrogen-bond donors (Lipinski definition) is 0. The smallest absolute Gasteiger partial charge is 0.786 e. The van der Waals surface area contributed by atoms with Gasteiger partial charge in [-0.15, -0.1) is 26.3 Å². The molecule has 0 aliphatic carbocycles. The van der Waals surface area contributed by atoms with Gasteiger partial charge in [0.1, 0.15) is 0 Å². The van der Waals surface area contributed by atoms with E-state index < -0.39 is 17.2 Å². The van der Waals surface area contributed by atoms with Crippen molar-refractivity contribution in [1.29, 1.82) is 0 Å². The SMILES string of the molecule is C=CCOP([O-])OCC=C.C=CCOP([O-])OCC=C.[Co+2]. The Kier molecular flexibility index (Phi) is 27.7. The van der Waals surface area contributed by atoms with Crippen LogP contribution < -0.4 is 9.79 Å². The van der Waals surface area contributed by atoms with E-state index in [0.29, 0.717) is 0 Å². The molecule has 0 aromatic heterocycles. The molecule has 0 bridgehead atoms. The van der Waals surface area contributed by atoms with Crippen LogP contribution in [0.1, 0.15) is 0 Å². The third-order valence-electron chi connectivity index (χ3n) is 1.19. The van der Waals surface area contributed by atoms with E-state index in [4.69, 9.17) is 0 Å². The average molecular weight is 381 g/mol. The molecule has 0 aliphatic heterocycles. The topological polar surface area (TPSA) is 83.0 Å². The van der Waals surface area contributed by atoms with E-state index in [1.54, 1.807) is 0 Å². The fraction of sp³-hybridized carbons (Fsp3) is 0.333. The Labute approximate surface area is 139 Å². The predicted molar refractivity (Wildman–Crippen MR) is 78.4 cm³/mol. The molecule has 123 valence electrons. The zero-order valence-corrected chi connectivity index (χ0v) is 14.5. The van der Waals surface area contributed by atoms with Gasteiger partial charge in [-0.3, -0.25) is 0 Å². The second kappa shape index (κ2) is 22.4. The summed E-state index contributed by atoms with van der Waals surface area (Å²) in [6.07, 6.45) is 6.02. The van der Waals surface area contributed by atoms with Crippen molar-refractivity contribution in [2.24, 2.45) is 0 Å². The maximum Gasteiger partial charge on any atom is 2.00 e. The number of rotatable bonds is 12. The van der Waals surface area contributed by atoms with Gasteiger partial charge in [0.05, 0.1) is 43.6 Å². The molecule has 0 amide bonds. The largest absolute Gasteiger partial charge is 2.00 e. The summed E-state index contributed by atoms with van der Waals surface area (Å²) in [5.41, 5.74) is 0. The van der Waals surface area contributed by atoms with Crippen molar-refractivity contribution in [2.45, 2.75) is 0 Å². The van der Waals surface area contributed by atoms with E-state index in [0.717, 1.165) is 0 Å². The minimum absolute atomic E-state index is 0. The first kappa shape index (κ1) is 26.0. The Balaban J connectivity index is -0.000000295. The zero-order chi connectivity index (χ0) is 15.6. The first-order chi connectivity index (χ1) is 9.62. The summed E-state index contributed by atoms with van der Waals surface area (Å²) in [5, 5.41) is 0. The van der Waals surface area contributed by atoms with E-state index in [9.17, 15) is 9.79 Å². The van der Waals surface area contributed by atoms with Gasteiger partial charge in [0.15, 0.2) is 0 Å². The van der Waals surface area contributed by atoms with Crippen LogP contribution in [0.25, 0.3) is 0 Å². The molecule has 0 rings (SSSR count). The molecule has 0 aromatic rings. The molecule has 0 aromatic carbocycles. The summed E-state index contributed by atoms with van der Waals surface area (Å²) in [7, 11) is -3.97. The molecule has 0 spiro atoms. The minimum Gasteiger partial charge on any atom is -0.786 e. The molecular weight excluding hydrogens is 361 g/mol. The predicted octanol–water partition coefficient (Wildman–Crippen LogP) is 1.96. The van der Waals surface area contributed by atoms with Gasteiger partial charge in [-0.25, -0.2) is 0 Å². The Morgan fingerprint density at radius 1 is 0.619 bits per heavy atom. The van der Waals surface area contributed by atoms with Crippen LogP contribution in [-0.4, -0.2) is 26.4 Å². The molecule has 0 atom stereocenters. The van der Waals surface area contributed by atoms with Crippen molar-refractivity contribution < 1.29 is 44.7 Å². The van der Waals surface area contributed by atoms with Crippen molar-refractivity contribution in [2.75, 3.05) is 26.4 Å². The molecule has 21 heavy (non-hydrogen) atoms. The van der Waals surface area contributed by atoms with Crippen LogP contribution in [0.15, 0.2) is 50.6 Å². The molecule has 1 radical (unpaired) electrons. The second-order valence-corrected chi connectivity index (χ2v) is 4.71. The monoisotopic (exact) mass is 381 g/mol. The fourth-order valence-electron chi connectivity index (χ4n) is 0.529. The minimum atomic E-state index is -1.98. The molecule has 6 nitrogen and oxygen atoms in total. The Morgan fingerprint density at radius 2 is 0.810 bits per heavy atom. The second-order valence-electron chi connectivity index (χ2n) is 2.78. The quantitative estimate of drug-likeness (QED) is 0.380. The van der Waals surface area contributed by atoms with E-state index >= 15 is 0 Å². The van der Waals surface area contributed by atoms with Gasteiger partial charge in [0.2, 0.25) is 0 Å². The van der Waals surface area contributed by atoms with E-state index in [1.165, 1.54) is 24.3 Å². The molecular formula is C12H20CoO6P2. The molecule has 0 heterocycles. The summed E-state index contributed by atoms with van der Waals surface area (Å²) < 4.78 is 18.5. The van der Waals surface area contributed by atoms with E-state index in [2.05, 4.69) is 44.4 Å². The van der Waals surface area contributed by atoms with Crippen molar-refractivity contribution in [1.82, 2.24) is 0 Å². The van der Waals surface area contributed by atoms with Gasteiger partial charge in [0.25, 0.3) is 0 Å². The molecule has 0 saturated heterocycles. The van der Waals surface area contributed by atoms with Gasteiger partial charge in [0, 0.05) is 0 Å². The third kappa shape index (κ3) is 25.4. The van der Waals surface area contributed by atoms with Gasteiger partial charge < -0.3 is 27.9 Å². The third-order valence-corrected chi connectivity index (χ3v) is 2.63. The first-order valence-corrected chi connectivity index (χ1v) is 7.71. The summed E-state index contributed by atoms with van der Waals surface area (Å²) in [6, 6.07) is 0. The van der Waals surface area contributed by atoms with Gasteiger partial charge >= 0.3 is 16.8 Å². The van der Waals surface area contributed by atoms with Crippen LogP contribution >= 0.6 is 17.2 Å². The molecule has 0 fully saturated rings. The van der Waals surface area contributed by atoms with E-state index in [1.807, 2.05) is 0 Å². The van der Waals surface area contributed by atoms with Gasteiger partial charge in [-0.05, 0) is 0 Å². The summed E-state index contributed by atoms with van der Waals surface area (Å²) >= 11 is 0. The summed E-state index contributed by atoms with van der Waals surface area (Å²) in [4.78, 5) is 21.1. The Morgan fingerprint density at radius 3 is 0.952 bits per heavy atom. The van der Waals surface area contributed by atoms with E-state index in [-0.39, 0.29) is 43.2 Å². The molecule has 0 aliphatic rings. The van der Waals surface area contributed by atoms with Gasteiger partial charge in [-0.1, -0.05) is 24.3 Å². The van der Waals surface area contributed by atoms with Crippen molar-refractivity contribution >= 4 is 17.2 Å². The van der Waals surface area contributed by atoms with Crippen molar-refractivity contribution in [3.8, 4) is 0 Å². The maximum atomic E-state index is 10.6. The van der Waals surface area contributed by atoms with Crippen LogP contribution in [-0.2, 0) is 34.9 Å². The molecule has 0 unspecified atom stereocenters. The molecule has 0 N–H and O–H groups in total. The summed E-state index contributed by atoms with van der Waals surface area (Å²) in [5.74, 6) is 0. The number of hydrogen-bond acceptors (Lipinski definition) is 6. The van der Waals surface area contributed by atoms with Crippen LogP contribution in [0, 0.1) is 0 Å². The van der Waals surface area contributed by atoms with Gasteiger partial charge in [-0.2, -0.15) is 0 Å². The fourth-order valence-corrected chi connectivity index (χ4v) is 1.59. The maximum absolute atomic E-state index is 10.6. The van der Waals surface area contributed by atoms with Crippen molar-refractivity contribution in [3.63, 3.8) is 0 Å². The van der Waals surface area contributed by atoms with Crippen LogP contribution in [0.3, 0.4) is 0 Å². The van der Waals surface area contributed by atoms with Crippen LogP contribution in [0.2, 0.25) is 0 Å². The van der Waals surface area contributed by atoms with Crippen molar-refractivity contribution in [3.05, 3.63) is 50.6 Å². The zero-order valence-electron chi connectivity index (χ0n) is 11.6. The average Bonchev–Trinajstić information content (AvgIpc) is 2.47.